The van der Waals surface area contributed by atoms with Crippen LogP contribution < -0.4 is 10.6 Å². The third kappa shape index (κ3) is 4.25. The van der Waals surface area contributed by atoms with Crippen LogP contribution in [0.25, 0.3) is 0 Å². The standard InChI is InChI=1S/C19H24N2O3/c1-5-14-6-8-15(9-7-14)19(3,4)21-17(22)12-20-18(23)16-10-11-24-13(16)2/h6-11H,5,12H2,1-4H3,(H,20,23)(H,21,22). The molecule has 0 unspecified atom stereocenters. The van der Waals surface area contributed by atoms with E-state index in [9.17, 15) is 9.59 Å². The topological polar surface area (TPSA) is 71.3 Å². The summed E-state index contributed by atoms with van der Waals surface area (Å²) in [6.07, 6.45) is 2.43. The van der Waals surface area contributed by atoms with Crippen molar-refractivity contribution < 1.29 is 14.0 Å². The van der Waals surface area contributed by atoms with E-state index in [1.54, 1.807) is 13.0 Å². The predicted octanol–water partition coefficient (Wildman–Crippen LogP) is 2.93. The molecule has 2 rings (SSSR count). The van der Waals surface area contributed by atoms with Crippen LogP contribution in [0.5, 0.6) is 0 Å². The van der Waals surface area contributed by atoms with Crippen molar-refractivity contribution in [2.24, 2.45) is 0 Å². The van der Waals surface area contributed by atoms with Crippen LogP contribution in [0.1, 0.15) is 48.0 Å². The highest BCUT2D eigenvalue weighted by molar-refractivity contribution is 5.97. The number of aryl methyl sites for hydroxylation is 2. The second-order valence-electron chi connectivity index (χ2n) is 6.30. The Balaban J connectivity index is 1.92. The van der Waals surface area contributed by atoms with E-state index < -0.39 is 5.54 Å². The van der Waals surface area contributed by atoms with Crippen molar-refractivity contribution in [1.29, 1.82) is 0 Å². The van der Waals surface area contributed by atoms with Crippen LogP contribution in [-0.4, -0.2) is 18.4 Å². The molecule has 2 amide bonds. The van der Waals surface area contributed by atoms with Crippen molar-refractivity contribution in [2.45, 2.75) is 39.7 Å². The third-order valence-electron chi connectivity index (χ3n) is 4.05. The molecule has 0 saturated carbocycles. The SMILES string of the molecule is CCc1ccc(C(C)(C)NC(=O)CNC(=O)c2ccoc2C)cc1. The molecule has 5 heteroatoms. The highest BCUT2D eigenvalue weighted by Gasteiger charge is 2.23. The molecule has 0 aliphatic carbocycles. The molecule has 0 fully saturated rings. The molecule has 5 nitrogen and oxygen atoms in total. The number of benzene rings is 1. The summed E-state index contributed by atoms with van der Waals surface area (Å²) in [4.78, 5) is 24.2. The van der Waals surface area contributed by atoms with E-state index in [2.05, 4.69) is 29.7 Å². The Hall–Kier alpha value is -2.56. The summed E-state index contributed by atoms with van der Waals surface area (Å²) in [6.45, 7) is 7.60. The summed E-state index contributed by atoms with van der Waals surface area (Å²) >= 11 is 0. The van der Waals surface area contributed by atoms with Gasteiger partial charge in [-0.1, -0.05) is 31.2 Å². The molecular weight excluding hydrogens is 304 g/mol. The summed E-state index contributed by atoms with van der Waals surface area (Å²) in [6, 6.07) is 9.75. The Morgan fingerprint density at radius 1 is 1.12 bits per heavy atom. The fourth-order valence-corrected chi connectivity index (χ4v) is 2.50. The zero-order valence-electron chi connectivity index (χ0n) is 14.6. The Morgan fingerprint density at radius 2 is 1.79 bits per heavy atom. The van der Waals surface area contributed by atoms with Crippen LogP contribution in [-0.2, 0) is 16.8 Å². The van der Waals surface area contributed by atoms with Gasteiger partial charge in [0.15, 0.2) is 0 Å². The number of nitrogens with one attached hydrogen (secondary N) is 2. The smallest absolute Gasteiger partial charge is 0.255 e. The minimum absolute atomic E-state index is 0.0834. The van der Waals surface area contributed by atoms with Crippen LogP contribution in [0.2, 0.25) is 0 Å². The summed E-state index contributed by atoms with van der Waals surface area (Å²) in [5.74, 6) is -0.0279. The normalized spacial score (nSPS) is 11.2. The first-order chi connectivity index (χ1) is 11.3. The zero-order valence-corrected chi connectivity index (χ0v) is 14.6. The van der Waals surface area contributed by atoms with E-state index in [0.29, 0.717) is 11.3 Å². The second-order valence-corrected chi connectivity index (χ2v) is 6.30. The highest BCUT2D eigenvalue weighted by atomic mass is 16.3. The van der Waals surface area contributed by atoms with Crippen LogP contribution in [0, 0.1) is 6.92 Å². The maximum absolute atomic E-state index is 12.2. The van der Waals surface area contributed by atoms with Crippen molar-refractivity contribution in [3.8, 4) is 0 Å². The molecule has 2 aromatic rings. The number of hydrogen-bond acceptors (Lipinski definition) is 3. The van der Waals surface area contributed by atoms with E-state index in [-0.39, 0.29) is 18.4 Å². The number of furan rings is 1. The molecule has 0 spiro atoms. The van der Waals surface area contributed by atoms with E-state index in [1.807, 2.05) is 26.0 Å². The van der Waals surface area contributed by atoms with Gasteiger partial charge in [-0.3, -0.25) is 9.59 Å². The quantitative estimate of drug-likeness (QED) is 0.856. The van der Waals surface area contributed by atoms with Crippen molar-refractivity contribution >= 4 is 11.8 Å². The third-order valence-corrected chi connectivity index (χ3v) is 4.05. The van der Waals surface area contributed by atoms with Gasteiger partial charge in [-0.05, 0) is 44.4 Å². The lowest BCUT2D eigenvalue weighted by Gasteiger charge is -2.27. The lowest BCUT2D eigenvalue weighted by molar-refractivity contribution is -0.121. The van der Waals surface area contributed by atoms with E-state index in [0.717, 1.165) is 12.0 Å². The lowest BCUT2D eigenvalue weighted by Crippen LogP contribution is -2.46. The first-order valence-electron chi connectivity index (χ1n) is 8.06. The zero-order chi connectivity index (χ0) is 17.7. The number of carbonyl (C=O) groups is 2. The number of rotatable bonds is 6. The maximum Gasteiger partial charge on any atom is 0.255 e. The molecule has 0 atom stereocenters. The van der Waals surface area contributed by atoms with Crippen LogP contribution in [0.4, 0.5) is 0 Å². The number of carbonyl (C=O) groups excluding carboxylic acids is 2. The van der Waals surface area contributed by atoms with Gasteiger partial charge in [0.2, 0.25) is 5.91 Å². The minimum Gasteiger partial charge on any atom is -0.469 e. The summed E-state index contributed by atoms with van der Waals surface area (Å²) in [5.41, 5.74) is 2.20. The molecule has 2 N–H and O–H groups in total. The minimum atomic E-state index is -0.514. The van der Waals surface area contributed by atoms with E-state index in [4.69, 9.17) is 4.42 Å². The molecule has 1 heterocycles. The Morgan fingerprint density at radius 3 is 2.33 bits per heavy atom. The fourth-order valence-electron chi connectivity index (χ4n) is 2.50. The van der Waals surface area contributed by atoms with Gasteiger partial charge in [-0.15, -0.1) is 0 Å². The molecule has 0 radical (unpaired) electrons. The predicted molar refractivity (Wildman–Crippen MR) is 92.8 cm³/mol. The van der Waals surface area contributed by atoms with Gasteiger partial charge < -0.3 is 15.1 Å². The molecule has 1 aromatic carbocycles. The summed E-state index contributed by atoms with van der Waals surface area (Å²) in [5, 5.41) is 5.56. The van der Waals surface area contributed by atoms with E-state index >= 15 is 0 Å². The van der Waals surface area contributed by atoms with Gasteiger partial charge >= 0.3 is 0 Å². The summed E-state index contributed by atoms with van der Waals surface area (Å²) < 4.78 is 5.09. The van der Waals surface area contributed by atoms with Gasteiger partial charge in [0, 0.05) is 0 Å². The summed E-state index contributed by atoms with van der Waals surface area (Å²) in [7, 11) is 0. The lowest BCUT2D eigenvalue weighted by atomic mass is 9.93. The van der Waals surface area contributed by atoms with Crippen molar-refractivity contribution in [2.75, 3.05) is 6.54 Å². The first kappa shape index (κ1) is 17.8. The molecule has 0 saturated heterocycles. The number of hydrogen-bond donors (Lipinski definition) is 2. The van der Waals surface area contributed by atoms with E-state index in [1.165, 1.54) is 11.8 Å². The molecule has 0 aliphatic heterocycles. The van der Waals surface area contributed by atoms with Gasteiger partial charge in [0.25, 0.3) is 5.91 Å². The van der Waals surface area contributed by atoms with Crippen LogP contribution >= 0.6 is 0 Å². The molecule has 24 heavy (non-hydrogen) atoms. The maximum atomic E-state index is 12.2. The Bertz CT molecular complexity index is 714. The average Bonchev–Trinajstić information content (AvgIpc) is 2.98. The molecule has 0 bridgehead atoms. The molecule has 0 aliphatic rings. The monoisotopic (exact) mass is 328 g/mol. The van der Waals surface area contributed by atoms with Crippen molar-refractivity contribution in [3.63, 3.8) is 0 Å². The number of amides is 2. The molecular formula is C19H24N2O3. The van der Waals surface area contributed by atoms with Gasteiger partial charge in [0.1, 0.15) is 5.76 Å². The first-order valence-corrected chi connectivity index (χ1v) is 8.06. The largest absolute Gasteiger partial charge is 0.469 e. The average molecular weight is 328 g/mol. The van der Waals surface area contributed by atoms with Gasteiger partial charge in [-0.2, -0.15) is 0 Å². The molecule has 128 valence electrons. The highest BCUT2D eigenvalue weighted by Crippen LogP contribution is 2.20. The van der Waals surface area contributed by atoms with Gasteiger partial charge in [0.05, 0.1) is 23.9 Å². The van der Waals surface area contributed by atoms with Crippen LogP contribution in [0.3, 0.4) is 0 Å². The van der Waals surface area contributed by atoms with Crippen LogP contribution in [0.15, 0.2) is 41.0 Å². The second kappa shape index (κ2) is 7.34. The molecule has 1 aromatic heterocycles. The Kier molecular flexibility index (Phi) is 5.44. The fraction of sp³-hybridized carbons (Fsp3) is 0.368. The van der Waals surface area contributed by atoms with Crippen molar-refractivity contribution in [1.82, 2.24) is 10.6 Å². The van der Waals surface area contributed by atoms with Gasteiger partial charge in [-0.25, -0.2) is 0 Å². The Labute approximate surface area is 142 Å². The van der Waals surface area contributed by atoms with Crippen molar-refractivity contribution in [3.05, 3.63) is 59.0 Å².